The summed E-state index contributed by atoms with van der Waals surface area (Å²) in [6.07, 6.45) is -9.57. The van der Waals surface area contributed by atoms with E-state index in [9.17, 15) is 14.7 Å². The van der Waals surface area contributed by atoms with Crippen LogP contribution < -0.4 is 5.11 Å². The summed E-state index contributed by atoms with van der Waals surface area (Å²) in [6.45, 7) is -1.63. The van der Waals surface area contributed by atoms with Crippen molar-refractivity contribution in [3.63, 3.8) is 0 Å². The van der Waals surface area contributed by atoms with E-state index in [2.05, 4.69) is 0 Å². The Hall–Kier alpha value is -1.34. The van der Waals surface area contributed by atoms with E-state index in [0.29, 0.717) is 0 Å². The molecule has 5 unspecified atom stereocenters. The van der Waals surface area contributed by atoms with Gasteiger partial charge >= 0.3 is 5.97 Å². The summed E-state index contributed by atoms with van der Waals surface area (Å²) in [7, 11) is 0. The molecule has 0 aromatic rings. The maximum Gasteiger partial charge on any atom is 0.335 e. The zero-order chi connectivity index (χ0) is 16.5. The van der Waals surface area contributed by atoms with Crippen LogP contribution in [0.1, 0.15) is 0 Å². The van der Waals surface area contributed by atoms with E-state index < -0.39 is 55.7 Å². The summed E-state index contributed by atoms with van der Waals surface area (Å²) < 4.78 is 0. The zero-order valence-corrected chi connectivity index (χ0v) is 10.1. The van der Waals surface area contributed by atoms with Crippen molar-refractivity contribution in [1.29, 1.82) is 0 Å². The monoisotopic (exact) mass is 301 g/mol. The lowest BCUT2D eigenvalue weighted by Gasteiger charge is -2.23. The maximum absolute atomic E-state index is 10.1. The van der Waals surface area contributed by atoms with Gasteiger partial charge in [0.1, 0.15) is 24.4 Å². The zero-order valence-electron chi connectivity index (χ0n) is 10.1. The lowest BCUT2D eigenvalue weighted by Crippen LogP contribution is -2.48. The van der Waals surface area contributed by atoms with Crippen LogP contribution in [0.3, 0.4) is 0 Å². The lowest BCUT2D eigenvalue weighted by atomic mass is 10.0. The summed E-state index contributed by atoms with van der Waals surface area (Å²) in [5.41, 5.74) is 0. The number of carbonyl (C=O) groups is 2. The van der Waals surface area contributed by atoms with E-state index in [1.165, 1.54) is 0 Å². The molecule has 0 saturated carbocycles. The largest absolute Gasteiger partial charge is 0.547 e. The molecule has 120 valence electrons. The molecule has 0 aliphatic carbocycles. The van der Waals surface area contributed by atoms with Crippen molar-refractivity contribution in [3.8, 4) is 0 Å². The Kier molecular flexibility index (Phi) is 11.0. The molecule has 0 heterocycles. The third kappa shape index (κ3) is 7.96. The van der Waals surface area contributed by atoms with E-state index in [1.807, 2.05) is 0 Å². The minimum absolute atomic E-state index is 0.789. The normalized spacial score (nSPS) is 17.9. The van der Waals surface area contributed by atoms with E-state index >= 15 is 0 Å². The van der Waals surface area contributed by atoms with Crippen molar-refractivity contribution < 1.29 is 55.5 Å². The highest BCUT2D eigenvalue weighted by atomic mass is 16.4. The van der Waals surface area contributed by atoms with Crippen LogP contribution >= 0.6 is 0 Å². The number of aliphatic hydroxyl groups excluding tert-OH is 7. The predicted octanol–water partition coefficient (Wildman–Crippen LogP) is -6.40. The van der Waals surface area contributed by atoms with Crippen LogP contribution in [0.5, 0.6) is 0 Å². The predicted molar refractivity (Wildman–Crippen MR) is 56.8 cm³/mol. The Morgan fingerprint density at radius 3 is 1.55 bits per heavy atom. The molecule has 11 nitrogen and oxygen atoms in total. The standard InChI is InChI=1S/C6H12O7.C3H6O4/c7-1-2(8)3(9)4(10)5(11)6(12)13;4-1-2(5)3(6)7/h2-5,7-11H,1H2,(H,12,13);2,4-5H,1H2,(H,6,7)/p-1. The number of rotatable bonds is 7. The summed E-state index contributed by atoms with van der Waals surface area (Å²) in [5, 5.41) is 77.1. The number of carboxylic acid groups (broad SMARTS) is 2. The summed E-state index contributed by atoms with van der Waals surface area (Å²) in [5.74, 6) is -3.38. The molecule has 5 atom stereocenters. The van der Waals surface area contributed by atoms with Crippen molar-refractivity contribution in [2.45, 2.75) is 30.5 Å². The van der Waals surface area contributed by atoms with Gasteiger partial charge in [-0.1, -0.05) is 0 Å². The third-order valence-corrected chi connectivity index (χ3v) is 1.95. The van der Waals surface area contributed by atoms with Crippen LogP contribution in [0.4, 0.5) is 0 Å². The van der Waals surface area contributed by atoms with Crippen molar-refractivity contribution in [3.05, 3.63) is 0 Å². The first-order valence-electron chi connectivity index (χ1n) is 5.15. The number of aliphatic carboxylic acids is 2. The Morgan fingerprint density at radius 2 is 1.35 bits per heavy atom. The molecule has 0 saturated heterocycles. The first-order valence-corrected chi connectivity index (χ1v) is 5.15. The van der Waals surface area contributed by atoms with E-state index in [1.54, 1.807) is 0 Å². The first kappa shape index (κ1) is 21.0. The second-order valence-corrected chi connectivity index (χ2v) is 3.53. The summed E-state index contributed by atoms with van der Waals surface area (Å²) in [6, 6.07) is 0. The van der Waals surface area contributed by atoms with Crippen LogP contribution in [0.15, 0.2) is 0 Å². The van der Waals surface area contributed by atoms with Gasteiger partial charge in [0.2, 0.25) is 0 Å². The van der Waals surface area contributed by atoms with Crippen LogP contribution in [0.25, 0.3) is 0 Å². The topological polar surface area (TPSA) is 219 Å². The van der Waals surface area contributed by atoms with Crippen molar-refractivity contribution in [2.75, 3.05) is 13.2 Å². The highest BCUT2D eigenvalue weighted by molar-refractivity contribution is 5.72. The SMILES string of the molecule is O=C(O)C(O)C(O)C(O)C(O)CO.O=C([O-])C(O)CO. The highest BCUT2D eigenvalue weighted by Crippen LogP contribution is 2.04. The number of hydrogen-bond donors (Lipinski definition) is 8. The van der Waals surface area contributed by atoms with Gasteiger partial charge in [0.05, 0.1) is 19.2 Å². The van der Waals surface area contributed by atoms with Crippen molar-refractivity contribution in [1.82, 2.24) is 0 Å². The average Bonchev–Trinajstić information content (AvgIpc) is 2.43. The second-order valence-electron chi connectivity index (χ2n) is 3.53. The van der Waals surface area contributed by atoms with Gasteiger partial charge in [-0.2, -0.15) is 0 Å². The Bertz CT molecular complexity index is 294. The molecule has 0 spiro atoms. The van der Waals surface area contributed by atoms with Gasteiger partial charge in [-0.15, -0.1) is 0 Å². The quantitative estimate of drug-likeness (QED) is 0.221. The van der Waals surface area contributed by atoms with Crippen LogP contribution in [0.2, 0.25) is 0 Å². The summed E-state index contributed by atoms with van der Waals surface area (Å²) in [4.78, 5) is 19.5. The molecule has 0 radical (unpaired) electrons. The minimum atomic E-state index is -2.20. The molecule has 0 rings (SSSR count). The minimum Gasteiger partial charge on any atom is -0.547 e. The fourth-order valence-electron chi connectivity index (χ4n) is 0.743. The fourth-order valence-corrected chi connectivity index (χ4v) is 0.743. The molecular weight excluding hydrogens is 284 g/mol. The molecule has 0 aliphatic rings. The smallest absolute Gasteiger partial charge is 0.335 e. The number of hydrogen-bond acceptors (Lipinski definition) is 10. The average molecular weight is 301 g/mol. The summed E-state index contributed by atoms with van der Waals surface area (Å²) >= 11 is 0. The molecule has 0 aliphatic heterocycles. The van der Waals surface area contributed by atoms with Gasteiger partial charge in [-0.25, -0.2) is 4.79 Å². The van der Waals surface area contributed by atoms with Gasteiger partial charge in [0.25, 0.3) is 0 Å². The highest BCUT2D eigenvalue weighted by Gasteiger charge is 2.33. The van der Waals surface area contributed by atoms with E-state index in [0.717, 1.165) is 0 Å². The van der Waals surface area contributed by atoms with Crippen LogP contribution in [-0.2, 0) is 9.59 Å². The number of carboxylic acids is 2. The molecule has 0 amide bonds. The van der Waals surface area contributed by atoms with Gasteiger partial charge < -0.3 is 50.8 Å². The van der Waals surface area contributed by atoms with Gasteiger partial charge in [0, 0.05) is 0 Å². The molecular formula is C9H17O11-. The van der Waals surface area contributed by atoms with Crippen LogP contribution in [0, 0.1) is 0 Å². The Labute approximate surface area is 112 Å². The van der Waals surface area contributed by atoms with Crippen molar-refractivity contribution in [2.24, 2.45) is 0 Å². The van der Waals surface area contributed by atoms with Crippen LogP contribution in [-0.4, -0.2) is 96.5 Å². The fraction of sp³-hybridized carbons (Fsp3) is 0.778. The van der Waals surface area contributed by atoms with Gasteiger partial charge in [0.15, 0.2) is 6.10 Å². The molecule has 0 bridgehead atoms. The van der Waals surface area contributed by atoms with Gasteiger partial charge in [-0.05, 0) is 0 Å². The molecule has 11 heteroatoms. The maximum atomic E-state index is 10.1. The Balaban J connectivity index is 0. The molecule has 0 aromatic heterocycles. The number of aliphatic hydroxyl groups is 7. The molecule has 0 fully saturated rings. The first-order chi connectivity index (χ1) is 9.09. The molecule has 20 heavy (non-hydrogen) atoms. The third-order valence-electron chi connectivity index (χ3n) is 1.95. The Morgan fingerprint density at radius 1 is 0.900 bits per heavy atom. The number of carbonyl (C=O) groups excluding carboxylic acids is 1. The molecule has 8 N–H and O–H groups in total. The van der Waals surface area contributed by atoms with Crippen molar-refractivity contribution >= 4 is 11.9 Å². The van der Waals surface area contributed by atoms with Gasteiger partial charge in [-0.3, -0.25) is 0 Å². The lowest BCUT2D eigenvalue weighted by molar-refractivity contribution is -0.316. The molecule has 0 aromatic carbocycles. The van der Waals surface area contributed by atoms with E-state index in [-0.39, 0.29) is 0 Å². The second kappa shape index (κ2) is 10.4. The van der Waals surface area contributed by atoms with E-state index in [4.69, 9.17) is 40.9 Å².